The minimum absolute atomic E-state index is 0.168. The molecule has 4 nitrogen and oxygen atoms in total. The lowest BCUT2D eigenvalue weighted by Gasteiger charge is -2.15. The summed E-state index contributed by atoms with van der Waals surface area (Å²) in [6, 6.07) is 2.11. The summed E-state index contributed by atoms with van der Waals surface area (Å²) in [5.74, 6) is 1.59. The second-order valence-corrected chi connectivity index (χ2v) is 5.87. The highest BCUT2D eigenvalue weighted by atomic mass is 16.5. The normalized spacial score (nSPS) is 30.1. The Bertz CT molecular complexity index is 622. The Hall–Kier alpha value is -1.42. The van der Waals surface area contributed by atoms with Crippen LogP contribution in [0, 0.1) is 19.8 Å². The van der Waals surface area contributed by atoms with Crippen molar-refractivity contribution < 1.29 is 4.74 Å². The van der Waals surface area contributed by atoms with E-state index in [9.17, 15) is 0 Å². The van der Waals surface area contributed by atoms with Gasteiger partial charge in [-0.15, -0.1) is 0 Å². The molecule has 1 aliphatic carbocycles. The summed E-state index contributed by atoms with van der Waals surface area (Å²) in [6.07, 6.45) is 7.77. The molecule has 0 N–H and O–H groups in total. The smallest absolute Gasteiger partial charge is 0.145 e. The van der Waals surface area contributed by atoms with Crippen molar-refractivity contribution in [2.75, 3.05) is 0 Å². The largest absolute Gasteiger partial charge is 0.354 e. The fourth-order valence-corrected chi connectivity index (χ4v) is 3.70. The van der Waals surface area contributed by atoms with E-state index in [4.69, 9.17) is 4.74 Å². The molecule has 0 bridgehead atoms. The SMILES string of the molecule is Cc1nc(C)c2ccn(C3CC4CCCC4O3)c2n1. The third-order valence-corrected chi connectivity index (χ3v) is 4.61. The van der Waals surface area contributed by atoms with E-state index in [2.05, 4.69) is 26.8 Å². The number of hydrogen-bond donors (Lipinski definition) is 0. The van der Waals surface area contributed by atoms with Crippen molar-refractivity contribution in [2.24, 2.45) is 5.92 Å². The maximum atomic E-state index is 6.22. The molecule has 4 heteroatoms. The third kappa shape index (κ3) is 1.70. The lowest BCUT2D eigenvalue weighted by Crippen LogP contribution is -2.11. The highest BCUT2D eigenvalue weighted by Crippen LogP contribution is 2.43. The van der Waals surface area contributed by atoms with Gasteiger partial charge in [-0.25, -0.2) is 9.97 Å². The summed E-state index contributed by atoms with van der Waals surface area (Å²) in [5, 5.41) is 1.14. The van der Waals surface area contributed by atoms with E-state index in [0.29, 0.717) is 6.10 Å². The average molecular weight is 257 g/mol. The van der Waals surface area contributed by atoms with Crippen LogP contribution in [0.5, 0.6) is 0 Å². The first-order valence-electron chi connectivity index (χ1n) is 7.19. The molecular weight excluding hydrogens is 238 g/mol. The van der Waals surface area contributed by atoms with Crippen LogP contribution in [-0.4, -0.2) is 20.6 Å². The van der Waals surface area contributed by atoms with E-state index >= 15 is 0 Å². The molecule has 2 fully saturated rings. The monoisotopic (exact) mass is 257 g/mol. The van der Waals surface area contributed by atoms with Crippen LogP contribution >= 0.6 is 0 Å². The quantitative estimate of drug-likeness (QED) is 0.788. The Balaban J connectivity index is 1.76. The van der Waals surface area contributed by atoms with Crippen LogP contribution in [0.4, 0.5) is 0 Å². The molecule has 2 aromatic rings. The van der Waals surface area contributed by atoms with E-state index < -0.39 is 0 Å². The van der Waals surface area contributed by atoms with Gasteiger partial charge < -0.3 is 9.30 Å². The summed E-state index contributed by atoms with van der Waals surface area (Å²) < 4.78 is 8.42. The van der Waals surface area contributed by atoms with Gasteiger partial charge in [-0.2, -0.15) is 0 Å². The molecule has 0 aromatic carbocycles. The predicted molar refractivity (Wildman–Crippen MR) is 72.9 cm³/mol. The molecule has 3 heterocycles. The van der Waals surface area contributed by atoms with Crippen molar-refractivity contribution in [3.63, 3.8) is 0 Å². The number of ether oxygens (including phenoxy) is 1. The van der Waals surface area contributed by atoms with Crippen LogP contribution in [0.1, 0.15) is 43.4 Å². The first-order chi connectivity index (χ1) is 9.22. The highest BCUT2D eigenvalue weighted by molar-refractivity contribution is 5.78. The molecule has 0 spiro atoms. The molecule has 2 aromatic heterocycles. The van der Waals surface area contributed by atoms with Crippen LogP contribution in [0.25, 0.3) is 11.0 Å². The lowest BCUT2D eigenvalue weighted by molar-refractivity contribution is 0.00200. The first-order valence-corrected chi connectivity index (χ1v) is 7.19. The third-order valence-electron chi connectivity index (χ3n) is 4.61. The minimum atomic E-state index is 0.168. The molecule has 3 unspecified atom stereocenters. The summed E-state index contributed by atoms with van der Waals surface area (Å²) in [6.45, 7) is 4.00. The predicted octanol–water partition coefficient (Wildman–Crippen LogP) is 3.14. The van der Waals surface area contributed by atoms with Crippen molar-refractivity contribution in [2.45, 2.75) is 51.9 Å². The van der Waals surface area contributed by atoms with Crippen LogP contribution < -0.4 is 0 Å². The number of hydrogen-bond acceptors (Lipinski definition) is 3. The van der Waals surface area contributed by atoms with Crippen LogP contribution in [-0.2, 0) is 4.74 Å². The first kappa shape index (κ1) is 11.4. The van der Waals surface area contributed by atoms with E-state index in [1.807, 2.05) is 13.8 Å². The van der Waals surface area contributed by atoms with Gasteiger partial charge in [0, 0.05) is 11.6 Å². The van der Waals surface area contributed by atoms with Crippen LogP contribution in [0.2, 0.25) is 0 Å². The molecule has 4 rings (SSSR count). The van der Waals surface area contributed by atoms with E-state index in [0.717, 1.165) is 34.9 Å². The van der Waals surface area contributed by atoms with Gasteiger partial charge >= 0.3 is 0 Å². The van der Waals surface area contributed by atoms with Gasteiger partial charge in [0.25, 0.3) is 0 Å². The van der Waals surface area contributed by atoms with Gasteiger partial charge in [-0.05, 0) is 45.1 Å². The number of aromatic nitrogens is 3. The lowest BCUT2D eigenvalue weighted by atomic mass is 10.0. The fourth-order valence-electron chi connectivity index (χ4n) is 3.70. The Morgan fingerprint density at radius 2 is 2.16 bits per heavy atom. The van der Waals surface area contributed by atoms with Gasteiger partial charge in [0.2, 0.25) is 0 Å². The molecule has 2 aliphatic rings. The topological polar surface area (TPSA) is 39.9 Å². The molecule has 100 valence electrons. The molecule has 1 saturated carbocycles. The van der Waals surface area contributed by atoms with Crippen molar-refractivity contribution in [3.8, 4) is 0 Å². The molecular formula is C15H19N3O. The minimum Gasteiger partial charge on any atom is -0.354 e. The molecule has 1 saturated heterocycles. The average Bonchev–Trinajstić information content (AvgIpc) is 2.98. The Labute approximate surface area is 112 Å². The van der Waals surface area contributed by atoms with Gasteiger partial charge in [0.05, 0.1) is 11.8 Å². The molecule has 19 heavy (non-hydrogen) atoms. The number of rotatable bonds is 1. The fraction of sp³-hybridized carbons (Fsp3) is 0.600. The molecule has 1 aliphatic heterocycles. The molecule has 3 atom stereocenters. The summed E-state index contributed by atoms with van der Waals surface area (Å²) in [4.78, 5) is 9.04. The number of nitrogens with zero attached hydrogens (tertiary/aromatic N) is 3. The van der Waals surface area contributed by atoms with E-state index in [-0.39, 0.29) is 6.23 Å². The van der Waals surface area contributed by atoms with Gasteiger partial charge in [0.15, 0.2) is 0 Å². The standard InChI is InChI=1S/C15H19N3O/c1-9-12-6-7-18(15(12)17-10(2)16-9)14-8-11-4-3-5-13(11)19-14/h6-7,11,13-14H,3-5,8H2,1-2H3. The van der Waals surface area contributed by atoms with E-state index in [1.165, 1.54) is 19.3 Å². The maximum Gasteiger partial charge on any atom is 0.145 e. The van der Waals surface area contributed by atoms with Gasteiger partial charge in [-0.1, -0.05) is 6.42 Å². The summed E-state index contributed by atoms with van der Waals surface area (Å²) in [5.41, 5.74) is 2.08. The van der Waals surface area contributed by atoms with Crippen molar-refractivity contribution >= 4 is 11.0 Å². The Morgan fingerprint density at radius 1 is 1.26 bits per heavy atom. The second-order valence-electron chi connectivity index (χ2n) is 5.87. The second kappa shape index (κ2) is 4.04. The van der Waals surface area contributed by atoms with Crippen LogP contribution in [0.15, 0.2) is 12.3 Å². The Morgan fingerprint density at radius 3 is 3.00 bits per heavy atom. The van der Waals surface area contributed by atoms with Crippen molar-refractivity contribution in [3.05, 3.63) is 23.8 Å². The van der Waals surface area contributed by atoms with Crippen molar-refractivity contribution in [1.29, 1.82) is 0 Å². The Kier molecular flexibility index (Phi) is 2.42. The van der Waals surface area contributed by atoms with Gasteiger partial charge in [0.1, 0.15) is 17.7 Å². The summed E-state index contributed by atoms with van der Waals surface area (Å²) in [7, 11) is 0. The summed E-state index contributed by atoms with van der Waals surface area (Å²) >= 11 is 0. The van der Waals surface area contributed by atoms with Crippen molar-refractivity contribution in [1.82, 2.24) is 14.5 Å². The zero-order valence-electron chi connectivity index (χ0n) is 11.5. The zero-order valence-corrected chi connectivity index (χ0v) is 11.5. The zero-order chi connectivity index (χ0) is 13.0. The molecule has 0 radical (unpaired) electrons. The van der Waals surface area contributed by atoms with Crippen LogP contribution in [0.3, 0.4) is 0 Å². The number of aryl methyl sites for hydroxylation is 2. The highest BCUT2D eigenvalue weighted by Gasteiger charge is 2.39. The van der Waals surface area contributed by atoms with E-state index in [1.54, 1.807) is 0 Å². The number of fused-ring (bicyclic) bond motifs is 2. The van der Waals surface area contributed by atoms with Gasteiger partial charge in [-0.3, -0.25) is 0 Å². The molecule has 0 amide bonds. The maximum absolute atomic E-state index is 6.22.